The average molecular weight is 259 g/mol. The van der Waals surface area contributed by atoms with Crippen LogP contribution in [0.1, 0.15) is 5.56 Å². The van der Waals surface area contributed by atoms with Crippen LogP contribution in [-0.4, -0.2) is 18.4 Å². The number of hydrogen-bond donors (Lipinski definition) is 2. The highest BCUT2D eigenvalue weighted by atomic mass is 35.5. The Labute approximate surface area is 103 Å². The minimum Gasteiger partial charge on any atom is -0.486 e. The highest BCUT2D eigenvalue weighted by Gasteiger charge is 2.16. The molecule has 0 aromatic heterocycles. The summed E-state index contributed by atoms with van der Waals surface area (Å²) in [5, 5.41) is 7.76. The Kier molecular flexibility index (Phi) is 3.46. The highest BCUT2D eigenvalue weighted by molar-refractivity contribution is 8.13. The van der Waals surface area contributed by atoms with Crippen molar-refractivity contribution in [2.75, 3.05) is 13.2 Å². The van der Waals surface area contributed by atoms with Crippen molar-refractivity contribution in [3.05, 3.63) is 22.7 Å². The zero-order valence-electron chi connectivity index (χ0n) is 8.46. The van der Waals surface area contributed by atoms with Gasteiger partial charge in [-0.15, -0.1) is 0 Å². The number of hydrogen-bond acceptors (Lipinski definition) is 4. The first kappa shape index (κ1) is 11.4. The predicted octanol–water partition coefficient (Wildman–Crippen LogP) is 2.24. The molecule has 86 valence electrons. The van der Waals surface area contributed by atoms with Crippen molar-refractivity contribution in [1.29, 1.82) is 5.41 Å². The molecular formula is C10H11ClN2O2S. The molecule has 1 aliphatic heterocycles. The number of fused-ring (bicyclic) bond motifs is 1. The summed E-state index contributed by atoms with van der Waals surface area (Å²) in [4.78, 5) is 0. The van der Waals surface area contributed by atoms with Gasteiger partial charge in [0.2, 0.25) is 0 Å². The van der Waals surface area contributed by atoms with Crippen molar-refractivity contribution in [2.45, 2.75) is 5.75 Å². The molecule has 0 bridgehead atoms. The van der Waals surface area contributed by atoms with Gasteiger partial charge < -0.3 is 15.2 Å². The Balaban J connectivity index is 2.21. The Morgan fingerprint density at radius 3 is 2.94 bits per heavy atom. The van der Waals surface area contributed by atoms with Gasteiger partial charge in [-0.05, 0) is 17.7 Å². The Morgan fingerprint density at radius 2 is 2.19 bits per heavy atom. The fourth-order valence-corrected chi connectivity index (χ4v) is 2.19. The number of thioether (sulfide) groups is 1. The van der Waals surface area contributed by atoms with E-state index in [0.29, 0.717) is 35.5 Å². The second-order valence-corrected chi connectivity index (χ2v) is 4.68. The summed E-state index contributed by atoms with van der Waals surface area (Å²) in [5.41, 5.74) is 6.24. The van der Waals surface area contributed by atoms with Crippen LogP contribution in [0.25, 0.3) is 0 Å². The summed E-state index contributed by atoms with van der Waals surface area (Å²) >= 11 is 7.31. The lowest BCUT2D eigenvalue weighted by atomic mass is 10.2. The van der Waals surface area contributed by atoms with Crippen LogP contribution in [0.5, 0.6) is 11.5 Å². The largest absolute Gasteiger partial charge is 0.486 e. The maximum atomic E-state index is 7.14. The fourth-order valence-electron chi connectivity index (χ4n) is 1.41. The highest BCUT2D eigenvalue weighted by Crippen LogP contribution is 2.38. The summed E-state index contributed by atoms with van der Waals surface area (Å²) in [6, 6.07) is 3.68. The normalized spacial score (nSPS) is 13.6. The number of nitrogens with one attached hydrogen (secondary N) is 1. The molecule has 1 heterocycles. The number of nitrogens with two attached hydrogens (primary N) is 1. The first-order chi connectivity index (χ1) is 7.66. The molecular weight excluding hydrogens is 248 g/mol. The van der Waals surface area contributed by atoms with Crippen LogP contribution < -0.4 is 15.2 Å². The molecule has 0 saturated carbocycles. The first-order valence-electron chi connectivity index (χ1n) is 4.71. The van der Waals surface area contributed by atoms with Gasteiger partial charge in [0.1, 0.15) is 13.2 Å². The lowest BCUT2D eigenvalue weighted by Crippen LogP contribution is -2.15. The molecule has 16 heavy (non-hydrogen) atoms. The van der Waals surface area contributed by atoms with E-state index in [2.05, 4.69) is 0 Å². The second-order valence-electron chi connectivity index (χ2n) is 3.25. The van der Waals surface area contributed by atoms with Gasteiger partial charge in [0.05, 0.1) is 5.02 Å². The molecule has 1 aliphatic rings. The lowest BCUT2D eigenvalue weighted by Gasteiger charge is -2.20. The predicted molar refractivity (Wildman–Crippen MR) is 65.7 cm³/mol. The monoisotopic (exact) mass is 258 g/mol. The van der Waals surface area contributed by atoms with Crippen molar-refractivity contribution in [3.63, 3.8) is 0 Å². The SMILES string of the molecule is N=C(N)SCc1cc(Cl)c2c(c1)OCCO2. The van der Waals surface area contributed by atoms with Crippen LogP contribution >= 0.6 is 23.4 Å². The van der Waals surface area contributed by atoms with Crippen molar-refractivity contribution in [2.24, 2.45) is 5.73 Å². The lowest BCUT2D eigenvalue weighted by molar-refractivity contribution is 0.171. The van der Waals surface area contributed by atoms with Crippen molar-refractivity contribution >= 4 is 28.5 Å². The standard InChI is InChI=1S/C10H11ClN2O2S/c11-7-3-6(5-16-10(12)13)4-8-9(7)15-2-1-14-8/h3-4H,1-2,5H2,(H3,12,13). The summed E-state index contributed by atoms with van der Waals surface area (Å²) in [7, 11) is 0. The van der Waals surface area contributed by atoms with Crippen LogP contribution in [0, 0.1) is 5.41 Å². The number of ether oxygens (including phenoxy) is 2. The van der Waals surface area contributed by atoms with E-state index in [1.54, 1.807) is 0 Å². The summed E-state index contributed by atoms with van der Waals surface area (Å²) in [5.74, 6) is 1.87. The Morgan fingerprint density at radius 1 is 1.44 bits per heavy atom. The summed E-state index contributed by atoms with van der Waals surface area (Å²) < 4.78 is 10.9. The number of halogens is 1. The molecule has 4 nitrogen and oxygen atoms in total. The maximum Gasteiger partial charge on any atom is 0.179 e. The molecule has 0 amide bonds. The second kappa shape index (κ2) is 4.84. The van der Waals surface area contributed by atoms with Crippen LogP contribution in [-0.2, 0) is 5.75 Å². The molecule has 0 radical (unpaired) electrons. The minimum atomic E-state index is 0.0889. The van der Waals surface area contributed by atoms with E-state index in [1.807, 2.05) is 12.1 Å². The van der Waals surface area contributed by atoms with Crippen molar-refractivity contribution in [3.8, 4) is 11.5 Å². The van der Waals surface area contributed by atoms with E-state index in [1.165, 1.54) is 11.8 Å². The zero-order chi connectivity index (χ0) is 11.5. The molecule has 0 atom stereocenters. The van der Waals surface area contributed by atoms with E-state index in [-0.39, 0.29) is 5.17 Å². The van der Waals surface area contributed by atoms with E-state index in [4.69, 9.17) is 32.2 Å². The van der Waals surface area contributed by atoms with Gasteiger partial charge in [0.25, 0.3) is 0 Å². The molecule has 0 saturated heterocycles. The van der Waals surface area contributed by atoms with Gasteiger partial charge >= 0.3 is 0 Å². The molecule has 2 rings (SSSR count). The van der Waals surface area contributed by atoms with E-state index >= 15 is 0 Å². The van der Waals surface area contributed by atoms with Crippen molar-refractivity contribution in [1.82, 2.24) is 0 Å². The third-order valence-corrected chi connectivity index (χ3v) is 3.12. The van der Waals surface area contributed by atoms with Gasteiger partial charge in [-0.2, -0.15) is 0 Å². The topological polar surface area (TPSA) is 68.3 Å². The van der Waals surface area contributed by atoms with E-state index < -0.39 is 0 Å². The third kappa shape index (κ3) is 2.54. The van der Waals surface area contributed by atoms with Gasteiger partial charge in [-0.3, -0.25) is 5.41 Å². The quantitative estimate of drug-likeness (QED) is 0.631. The van der Waals surface area contributed by atoms with E-state index in [0.717, 1.165) is 5.56 Å². The van der Waals surface area contributed by atoms with Gasteiger partial charge in [-0.1, -0.05) is 23.4 Å². The van der Waals surface area contributed by atoms with Gasteiger partial charge in [0.15, 0.2) is 16.7 Å². The molecule has 0 aliphatic carbocycles. The molecule has 0 unspecified atom stereocenters. The zero-order valence-corrected chi connectivity index (χ0v) is 10.0. The summed E-state index contributed by atoms with van der Waals surface area (Å²) in [6.07, 6.45) is 0. The van der Waals surface area contributed by atoms with Crippen LogP contribution in [0.3, 0.4) is 0 Å². The molecule has 6 heteroatoms. The maximum absolute atomic E-state index is 7.14. The molecule has 0 fully saturated rings. The average Bonchev–Trinajstić information content (AvgIpc) is 2.26. The van der Waals surface area contributed by atoms with Gasteiger partial charge in [-0.25, -0.2) is 0 Å². The molecule has 3 N–H and O–H groups in total. The number of amidine groups is 1. The molecule has 0 spiro atoms. The Hall–Kier alpha value is -1.07. The van der Waals surface area contributed by atoms with E-state index in [9.17, 15) is 0 Å². The van der Waals surface area contributed by atoms with Crippen molar-refractivity contribution < 1.29 is 9.47 Å². The first-order valence-corrected chi connectivity index (χ1v) is 6.08. The number of benzene rings is 1. The minimum absolute atomic E-state index is 0.0889. The third-order valence-electron chi connectivity index (χ3n) is 2.05. The van der Waals surface area contributed by atoms with Crippen LogP contribution in [0.15, 0.2) is 12.1 Å². The molecule has 1 aromatic rings. The van der Waals surface area contributed by atoms with Crippen LogP contribution in [0.4, 0.5) is 0 Å². The number of rotatable bonds is 2. The smallest absolute Gasteiger partial charge is 0.179 e. The summed E-state index contributed by atoms with van der Waals surface area (Å²) in [6.45, 7) is 1.06. The van der Waals surface area contributed by atoms with Gasteiger partial charge in [0, 0.05) is 5.75 Å². The van der Waals surface area contributed by atoms with Crippen LogP contribution in [0.2, 0.25) is 5.02 Å². The Bertz CT molecular complexity index is 426. The molecule has 1 aromatic carbocycles. The fraction of sp³-hybridized carbons (Fsp3) is 0.300.